The van der Waals surface area contributed by atoms with Crippen molar-refractivity contribution in [1.29, 1.82) is 0 Å². The van der Waals surface area contributed by atoms with Gasteiger partial charge in [0, 0.05) is 24.8 Å². The highest BCUT2D eigenvalue weighted by Gasteiger charge is 2.40. The lowest BCUT2D eigenvalue weighted by molar-refractivity contribution is 0.421. The van der Waals surface area contributed by atoms with E-state index in [2.05, 4.69) is 41.5 Å². The second kappa shape index (κ2) is 4.77. The molecule has 0 unspecified atom stereocenters. The van der Waals surface area contributed by atoms with Gasteiger partial charge in [0.2, 0.25) is 0 Å². The lowest BCUT2D eigenvalue weighted by Crippen LogP contribution is -2.23. The first-order chi connectivity index (χ1) is 8.83. The Morgan fingerprint density at radius 3 is 2.94 bits per heavy atom. The Kier molecular flexibility index (Phi) is 3.13. The number of aromatic nitrogens is 1. The predicted octanol–water partition coefficient (Wildman–Crippen LogP) is 3.84. The van der Waals surface area contributed by atoms with E-state index in [1.165, 1.54) is 48.7 Å². The minimum absolute atomic E-state index is 0.637. The molecule has 3 rings (SSSR count). The smallest absolute Gasteiger partial charge is 0.0499 e. The summed E-state index contributed by atoms with van der Waals surface area (Å²) in [5.74, 6) is 0. The summed E-state index contributed by atoms with van der Waals surface area (Å²) in [6.45, 7) is 4.45. The van der Waals surface area contributed by atoms with Crippen LogP contribution in [-0.2, 0) is 6.54 Å². The molecule has 0 atom stereocenters. The topological polar surface area (TPSA) is 27.8 Å². The van der Waals surface area contributed by atoms with Gasteiger partial charge >= 0.3 is 0 Å². The molecule has 2 heteroatoms. The van der Waals surface area contributed by atoms with Crippen LogP contribution in [0.1, 0.15) is 38.2 Å². The van der Waals surface area contributed by atoms with E-state index in [9.17, 15) is 0 Å². The standard InChI is InChI=1S/C16H22N2/c1-2-7-16(8-9-16)12-17-11-14-5-3-4-13-6-10-18-15(13)14/h3-6,10,17-18H,2,7-9,11-12H2,1H3. The molecular weight excluding hydrogens is 220 g/mol. The molecule has 0 aliphatic heterocycles. The molecule has 1 aliphatic carbocycles. The van der Waals surface area contributed by atoms with Crippen LogP contribution in [0.2, 0.25) is 0 Å². The van der Waals surface area contributed by atoms with Gasteiger partial charge < -0.3 is 10.3 Å². The third-order valence-corrected chi connectivity index (χ3v) is 4.23. The predicted molar refractivity (Wildman–Crippen MR) is 76.6 cm³/mol. The van der Waals surface area contributed by atoms with Crippen LogP contribution in [-0.4, -0.2) is 11.5 Å². The van der Waals surface area contributed by atoms with Crippen molar-refractivity contribution in [3.63, 3.8) is 0 Å². The second-order valence-corrected chi connectivity index (χ2v) is 5.71. The van der Waals surface area contributed by atoms with E-state index in [0.717, 1.165) is 6.54 Å². The summed E-state index contributed by atoms with van der Waals surface area (Å²) >= 11 is 0. The van der Waals surface area contributed by atoms with Crippen molar-refractivity contribution in [2.45, 2.75) is 39.2 Å². The SMILES string of the molecule is CCCC1(CNCc2cccc3cc[nH]c23)CC1. The Bertz CT molecular complexity index is 523. The molecule has 2 aromatic rings. The van der Waals surface area contributed by atoms with Crippen LogP contribution in [0.15, 0.2) is 30.5 Å². The largest absolute Gasteiger partial charge is 0.361 e. The van der Waals surface area contributed by atoms with Crippen molar-refractivity contribution in [2.75, 3.05) is 6.54 Å². The third kappa shape index (κ3) is 2.30. The Hall–Kier alpha value is -1.28. The van der Waals surface area contributed by atoms with Crippen molar-refractivity contribution in [2.24, 2.45) is 5.41 Å². The van der Waals surface area contributed by atoms with Crippen LogP contribution in [0.5, 0.6) is 0 Å². The van der Waals surface area contributed by atoms with Gasteiger partial charge in [-0.3, -0.25) is 0 Å². The molecule has 1 aliphatic rings. The maximum Gasteiger partial charge on any atom is 0.0499 e. The van der Waals surface area contributed by atoms with E-state index in [-0.39, 0.29) is 0 Å². The molecule has 0 saturated heterocycles. The summed E-state index contributed by atoms with van der Waals surface area (Å²) < 4.78 is 0. The number of hydrogen-bond acceptors (Lipinski definition) is 1. The quantitative estimate of drug-likeness (QED) is 0.791. The number of fused-ring (bicyclic) bond motifs is 1. The zero-order valence-corrected chi connectivity index (χ0v) is 11.1. The number of benzene rings is 1. The van der Waals surface area contributed by atoms with E-state index in [4.69, 9.17) is 0 Å². The molecule has 2 N–H and O–H groups in total. The highest BCUT2D eigenvalue weighted by molar-refractivity contribution is 5.82. The number of para-hydroxylation sites is 1. The average Bonchev–Trinajstić information content (AvgIpc) is 2.96. The van der Waals surface area contributed by atoms with E-state index in [0.29, 0.717) is 5.41 Å². The molecule has 0 radical (unpaired) electrons. The summed E-state index contributed by atoms with van der Waals surface area (Å²) in [7, 11) is 0. The molecule has 0 amide bonds. The molecule has 1 heterocycles. The number of rotatable bonds is 6. The normalized spacial score (nSPS) is 17.2. The van der Waals surface area contributed by atoms with Gasteiger partial charge in [0.15, 0.2) is 0 Å². The minimum atomic E-state index is 0.637. The highest BCUT2D eigenvalue weighted by Crippen LogP contribution is 2.48. The number of nitrogens with one attached hydrogen (secondary N) is 2. The fraction of sp³-hybridized carbons (Fsp3) is 0.500. The van der Waals surface area contributed by atoms with Crippen molar-refractivity contribution in [3.8, 4) is 0 Å². The van der Waals surface area contributed by atoms with E-state index >= 15 is 0 Å². The lowest BCUT2D eigenvalue weighted by Gasteiger charge is -2.15. The fourth-order valence-electron chi connectivity index (χ4n) is 2.98. The Balaban J connectivity index is 1.62. The van der Waals surface area contributed by atoms with Crippen molar-refractivity contribution in [3.05, 3.63) is 36.0 Å². The third-order valence-electron chi connectivity index (χ3n) is 4.23. The lowest BCUT2D eigenvalue weighted by atomic mass is 10.0. The van der Waals surface area contributed by atoms with Gasteiger partial charge in [-0.15, -0.1) is 0 Å². The van der Waals surface area contributed by atoms with Crippen LogP contribution in [0.3, 0.4) is 0 Å². The van der Waals surface area contributed by atoms with E-state index in [1.807, 2.05) is 6.20 Å². The van der Waals surface area contributed by atoms with Crippen LogP contribution in [0.4, 0.5) is 0 Å². The summed E-state index contributed by atoms with van der Waals surface area (Å²) in [5.41, 5.74) is 3.30. The molecule has 1 aromatic carbocycles. The molecule has 0 spiro atoms. The molecule has 0 bridgehead atoms. The maximum absolute atomic E-state index is 3.65. The first-order valence-corrected chi connectivity index (χ1v) is 7.09. The summed E-state index contributed by atoms with van der Waals surface area (Å²) in [5, 5.41) is 4.96. The Morgan fingerprint density at radius 1 is 1.28 bits per heavy atom. The summed E-state index contributed by atoms with van der Waals surface area (Å²) in [6, 6.07) is 8.66. The monoisotopic (exact) mass is 242 g/mol. The van der Waals surface area contributed by atoms with Gasteiger partial charge in [-0.05, 0) is 41.7 Å². The zero-order valence-electron chi connectivity index (χ0n) is 11.1. The van der Waals surface area contributed by atoms with Gasteiger partial charge in [-0.1, -0.05) is 31.5 Å². The number of hydrogen-bond donors (Lipinski definition) is 2. The van der Waals surface area contributed by atoms with Crippen LogP contribution >= 0.6 is 0 Å². The van der Waals surface area contributed by atoms with Gasteiger partial charge in [0.1, 0.15) is 0 Å². The number of aromatic amines is 1. The second-order valence-electron chi connectivity index (χ2n) is 5.71. The first-order valence-electron chi connectivity index (χ1n) is 7.09. The van der Waals surface area contributed by atoms with E-state index < -0.39 is 0 Å². The van der Waals surface area contributed by atoms with Crippen LogP contribution in [0, 0.1) is 5.41 Å². The Morgan fingerprint density at radius 2 is 2.17 bits per heavy atom. The molecular formula is C16H22N2. The maximum atomic E-state index is 3.65. The Labute approximate surface area is 109 Å². The van der Waals surface area contributed by atoms with Gasteiger partial charge in [0.25, 0.3) is 0 Å². The number of H-pyrrole nitrogens is 1. The molecule has 18 heavy (non-hydrogen) atoms. The average molecular weight is 242 g/mol. The van der Waals surface area contributed by atoms with E-state index in [1.54, 1.807) is 0 Å². The molecule has 1 saturated carbocycles. The minimum Gasteiger partial charge on any atom is -0.361 e. The molecule has 1 aromatic heterocycles. The van der Waals surface area contributed by atoms with Crippen molar-refractivity contribution in [1.82, 2.24) is 10.3 Å². The highest BCUT2D eigenvalue weighted by atomic mass is 14.9. The van der Waals surface area contributed by atoms with Crippen LogP contribution in [0.25, 0.3) is 10.9 Å². The molecule has 2 nitrogen and oxygen atoms in total. The van der Waals surface area contributed by atoms with Crippen molar-refractivity contribution >= 4 is 10.9 Å². The summed E-state index contributed by atoms with van der Waals surface area (Å²) in [6.07, 6.45) is 7.55. The fourth-order valence-corrected chi connectivity index (χ4v) is 2.98. The van der Waals surface area contributed by atoms with Gasteiger partial charge in [-0.25, -0.2) is 0 Å². The van der Waals surface area contributed by atoms with Gasteiger partial charge in [-0.2, -0.15) is 0 Å². The zero-order chi connectivity index (χ0) is 12.4. The first kappa shape index (κ1) is 11.8. The molecule has 1 fully saturated rings. The van der Waals surface area contributed by atoms with Crippen molar-refractivity contribution < 1.29 is 0 Å². The molecule has 96 valence electrons. The van der Waals surface area contributed by atoms with Crippen LogP contribution < -0.4 is 5.32 Å². The van der Waals surface area contributed by atoms with Gasteiger partial charge in [0.05, 0.1) is 0 Å². The summed E-state index contributed by atoms with van der Waals surface area (Å²) in [4.78, 5) is 3.34.